The molecule has 1 aromatic carbocycles. The van der Waals surface area contributed by atoms with Crippen LogP contribution in [0.1, 0.15) is 6.92 Å². The van der Waals surface area contributed by atoms with Gasteiger partial charge in [0.15, 0.2) is 0 Å². The summed E-state index contributed by atoms with van der Waals surface area (Å²) in [4.78, 5) is 2.22. The molecular weight excluding hydrogens is 216 g/mol. The standard InChI is InChI=1S/C13H20N2O2/c1-10-7-14-8-12(16)9-15(10)11-4-3-5-13(6-11)17-2/h3-6,10,12,14,16H,7-9H2,1-2H3. The van der Waals surface area contributed by atoms with Crippen LogP contribution in [0.5, 0.6) is 5.75 Å². The van der Waals surface area contributed by atoms with Gasteiger partial charge in [-0.15, -0.1) is 0 Å². The highest BCUT2D eigenvalue weighted by atomic mass is 16.5. The molecule has 0 amide bonds. The molecule has 1 aromatic rings. The number of aliphatic hydroxyl groups excluding tert-OH is 1. The third-order valence-electron chi connectivity index (χ3n) is 3.14. The van der Waals surface area contributed by atoms with Gasteiger partial charge in [-0.05, 0) is 19.1 Å². The van der Waals surface area contributed by atoms with Crippen LogP contribution >= 0.6 is 0 Å². The minimum atomic E-state index is -0.328. The van der Waals surface area contributed by atoms with Crippen molar-refractivity contribution < 1.29 is 9.84 Å². The van der Waals surface area contributed by atoms with Crippen LogP contribution in [-0.4, -0.2) is 44.0 Å². The molecule has 0 aromatic heterocycles. The Morgan fingerprint density at radius 3 is 3.00 bits per heavy atom. The Labute approximate surface area is 102 Å². The number of methoxy groups -OCH3 is 1. The largest absolute Gasteiger partial charge is 0.497 e. The van der Waals surface area contributed by atoms with Gasteiger partial charge in [0, 0.05) is 37.4 Å². The molecule has 4 nitrogen and oxygen atoms in total. The van der Waals surface area contributed by atoms with Gasteiger partial charge in [-0.1, -0.05) is 6.07 Å². The highest BCUT2D eigenvalue weighted by Crippen LogP contribution is 2.23. The minimum absolute atomic E-state index is 0.328. The predicted octanol–water partition coefficient (Wildman–Crippen LogP) is 0.854. The fourth-order valence-corrected chi connectivity index (χ4v) is 2.19. The van der Waals surface area contributed by atoms with Crippen molar-refractivity contribution >= 4 is 5.69 Å². The first-order chi connectivity index (χ1) is 8.20. The molecule has 2 unspecified atom stereocenters. The van der Waals surface area contributed by atoms with E-state index in [1.165, 1.54) is 0 Å². The van der Waals surface area contributed by atoms with Crippen LogP contribution in [0, 0.1) is 0 Å². The number of aliphatic hydroxyl groups is 1. The van der Waals surface area contributed by atoms with Crippen molar-refractivity contribution in [2.45, 2.75) is 19.1 Å². The molecule has 0 spiro atoms. The molecule has 0 radical (unpaired) electrons. The van der Waals surface area contributed by atoms with Gasteiger partial charge in [0.1, 0.15) is 5.75 Å². The third-order valence-corrected chi connectivity index (χ3v) is 3.14. The lowest BCUT2D eigenvalue weighted by Gasteiger charge is -2.30. The van der Waals surface area contributed by atoms with E-state index in [0.29, 0.717) is 19.1 Å². The number of rotatable bonds is 2. The van der Waals surface area contributed by atoms with Gasteiger partial charge >= 0.3 is 0 Å². The maximum Gasteiger partial charge on any atom is 0.120 e. The van der Waals surface area contributed by atoms with Crippen molar-refractivity contribution in [2.75, 3.05) is 31.6 Å². The molecule has 1 aliphatic rings. The zero-order chi connectivity index (χ0) is 12.3. The van der Waals surface area contributed by atoms with Crippen molar-refractivity contribution in [1.82, 2.24) is 5.32 Å². The zero-order valence-corrected chi connectivity index (χ0v) is 10.4. The molecule has 0 saturated carbocycles. The molecule has 0 bridgehead atoms. The summed E-state index contributed by atoms with van der Waals surface area (Å²) in [6, 6.07) is 8.33. The SMILES string of the molecule is COc1cccc(N2CC(O)CNCC2C)c1. The summed E-state index contributed by atoms with van der Waals surface area (Å²) in [6.45, 7) is 4.35. The molecule has 1 fully saturated rings. The molecule has 2 rings (SSSR count). The van der Waals surface area contributed by atoms with Crippen LogP contribution < -0.4 is 15.0 Å². The first-order valence-corrected chi connectivity index (χ1v) is 6.00. The fourth-order valence-electron chi connectivity index (χ4n) is 2.19. The fraction of sp³-hybridized carbons (Fsp3) is 0.538. The summed E-state index contributed by atoms with van der Waals surface area (Å²) in [5.74, 6) is 0.849. The third kappa shape index (κ3) is 2.90. The molecule has 2 N–H and O–H groups in total. The molecule has 1 heterocycles. The first-order valence-electron chi connectivity index (χ1n) is 6.00. The van der Waals surface area contributed by atoms with Gasteiger partial charge in [-0.3, -0.25) is 0 Å². The number of β-amino-alcohol motifs (C(OH)–C–C–N with tert-alkyl or cyclic N) is 1. The lowest BCUT2D eigenvalue weighted by atomic mass is 10.2. The van der Waals surface area contributed by atoms with Gasteiger partial charge < -0.3 is 20.1 Å². The monoisotopic (exact) mass is 236 g/mol. The lowest BCUT2D eigenvalue weighted by Crippen LogP contribution is -2.39. The normalized spacial score (nSPS) is 25.5. The number of hydrogen-bond acceptors (Lipinski definition) is 4. The second-order valence-corrected chi connectivity index (χ2v) is 4.51. The van der Waals surface area contributed by atoms with E-state index in [-0.39, 0.29) is 6.10 Å². The topological polar surface area (TPSA) is 44.7 Å². The molecule has 94 valence electrons. The van der Waals surface area contributed by atoms with E-state index in [9.17, 15) is 5.11 Å². The van der Waals surface area contributed by atoms with E-state index in [2.05, 4.69) is 23.2 Å². The van der Waals surface area contributed by atoms with Crippen LogP contribution in [0.2, 0.25) is 0 Å². The molecule has 1 aliphatic heterocycles. The summed E-state index contributed by atoms with van der Waals surface area (Å²) in [7, 11) is 1.67. The van der Waals surface area contributed by atoms with E-state index in [0.717, 1.165) is 18.0 Å². The van der Waals surface area contributed by atoms with Crippen molar-refractivity contribution in [3.8, 4) is 5.75 Å². The Kier molecular flexibility index (Phi) is 3.86. The smallest absolute Gasteiger partial charge is 0.120 e. The van der Waals surface area contributed by atoms with E-state index in [1.807, 2.05) is 18.2 Å². The van der Waals surface area contributed by atoms with E-state index in [4.69, 9.17) is 4.74 Å². The lowest BCUT2D eigenvalue weighted by molar-refractivity contribution is 0.184. The Morgan fingerprint density at radius 2 is 2.24 bits per heavy atom. The number of hydrogen-bond donors (Lipinski definition) is 2. The van der Waals surface area contributed by atoms with Crippen molar-refractivity contribution in [3.05, 3.63) is 24.3 Å². The van der Waals surface area contributed by atoms with E-state index < -0.39 is 0 Å². The van der Waals surface area contributed by atoms with Gasteiger partial charge in [0.2, 0.25) is 0 Å². The summed E-state index contributed by atoms with van der Waals surface area (Å²) >= 11 is 0. The maximum atomic E-state index is 9.83. The van der Waals surface area contributed by atoms with Gasteiger partial charge in [0.05, 0.1) is 13.2 Å². The Bertz CT molecular complexity index is 370. The summed E-state index contributed by atoms with van der Waals surface area (Å²) in [6.07, 6.45) is -0.328. The minimum Gasteiger partial charge on any atom is -0.497 e. The number of nitrogens with one attached hydrogen (secondary N) is 1. The van der Waals surface area contributed by atoms with Gasteiger partial charge in [-0.25, -0.2) is 0 Å². The molecule has 0 aliphatic carbocycles. The molecule has 4 heteroatoms. The number of ether oxygens (including phenoxy) is 1. The second-order valence-electron chi connectivity index (χ2n) is 4.51. The van der Waals surface area contributed by atoms with Crippen LogP contribution in [0.15, 0.2) is 24.3 Å². The van der Waals surface area contributed by atoms with Crippen molar-refractivity contribution in [3.63, 3.8) is 0 Å². The van der Waals surface area contributed by atoms with Gasteiger partial charge in [-0.2, -0.15) is 0 Å². The Morgan fingerprint density at radius 1 is 1.41 bits per heavy atom. The van der Waals surface area contributed by atoms with Crippen molar-refractivity contribution in [1.29, 1.82) is 0 Å². The highest BCUT2D eigenvalue weighted by molar-refractivity contribution is 5.51. The zero-order valence-electron chi connectivity index (χ0n) is 10.4. The van der Waals surface area contributed by atoms with Gasteiger partial charge in [0.25, 0.3) is 0 Å². The average molecular weight is 236 g/mol. The molecular formula is C13H20N2O2. The number of anilines is 1. The molecule has 17 heavy (non-hydrogen) atoms. The summed E-state index contributed by atoms with van der Waals surface area (Å²) < 4.78 is 5.23. The highest BCUT2D eigenvalue weighted by Gasteiger charge is 2.21. The quantitative estimate of drug-likeness (QED) is 0.799. The number of nitrogens with zero attached hydrogens (tertiary/aromatic N) is 1. The van der Waals surface area contributed by atoms with E-state index >= 15 is 0 Å². The first kappa shape index (κ1) is 12.2. The predicted molar refractivity (Wildman–Crippen MR) is 68.7 cm³/mol. The Hall–Kier alpha value is -1.26. The van der Waals surface area contributed by atoms with E-state index in [1.54, 1.807) is 7.11 Å². The summed E-state index contributed by atoms with van der Waals surface area (Å²) in [5.41, 5.74) is 1.10. The Balaban J connectivity index is 2.22. The molecule has 2 atom stereocenters. The maximum absolute atomic E-state index is 9.83. The second kappa shape index (κ2) is 5.38. The average Bonchev–Trinajstić information content (AvgIpc) is 2.51. The van der Waals surface area contributed by atoms with Crippen LogP contribution in [0.25, 0.3) is 0 Å². The van der Waals surface area contributed by atoms with Crippen LogP contribution in [-0.2, 0) is 0 Å². The number of benzene rings is 1. The summed E-state index contributed by atoms with van der Waals surface area (Å²) in [5, 5.41) is 13.1. The van der Waals surface area contributed by atoms with Crippen LogP contribution in [0.3, 0.4) is 0 Å². The molecule has 1 saturated heterocycles. The van der Waals surface area contributed by atoms with Crippen molar-refractivity contribution in [2.24, 2.45) is 0 Å². The van der Waals surface area contributed by atoms with Crippen LogP contribution in [0.4, 0.5) is 5.69 Å².